The second-order valence-electron chi connectivity index (χ2n) is 12.9. The van der Waals surface area contributed by atoms with E-state index in [4.69, 9.17) is 20.3 Å². The van der Waals surface area contributed by atoms with E-state index in [0.717, 1.165) is 32.1 Å². The molecule has 0 aliphatic rings. The van der Waals surface area contributed by atoms with Crippen molar-refractivity contribution in [2.24, 2.45) is 5.73 Å². The Balaban J connectivity index is 4.45. The molecule has 9 nitrogen and oxygen atoms in total. The SMILES string of the molecule is CCCCC/C=C\C\C=C/C=C/C=C/[C@@H](SC[C@H](N)C(=O)OC[C@@H](O)COC(=O)CCCCCCCCCCCCC)[C@@H](O)CCCC(=O)O. The predicted octanol–water partition coefficient (Wildman–Crippen LogP) is 8.37. The molecule has 0 saturated carbocycles. The van der Waals surface area contributed by atoms with Gasteiger partial charge in [-0.15, -0.1) is 11.8 Å². The van der Waals surface area contributed by atoms with Crippen molar-refractivity contribution >= 4 is 29.7 Å². The number of aliphatic hydroxyl groups is 2. The van der Waals surface area contributed by atoms with Crippen LogP contribution in [0.3, 0.4) is 0 Å². The largest absolute Gasteiger partial charge is 0.481 e. The van der Waals surface area contributed by atoms with Crippen LogP contribution in [0.2, 0.25) is 0 Å². The Morgan fingerprint density at radius 1 is 0.700 bits per heavy atom. The lowest BCUT2D eigenvalue weighted by atomic mass is 10.1. The summed E-state index contributed by atoms with van der Waals surface area (Å²) >= 11 is 1.27. The number of carboxylic acid groups (broad SMARTS) is 1. The van der Waals surface area contributed by atoms with Crippen LogP contribution in [-0.4, -0.2) is 75.7 Å². The van der Waals surface area contributed by atoms with Crippen molar-refractivity contribution < 1.29 is 39.2 Å². The van der Waals surface area contributed by atoms with Gasteiger partial charge in [0.05, 0.1) is 6.10 Å². The zero-order valence-electron chi connectivity index (χ0n) is 31.1. The number of rotatable bonds is 34. The van der Waals surface area contributed by atoms with Gasteiger partial charge in [-0.2, -0.15) is 0 Å². The minimum Gasteiger partial charge on any atom is -0.481 e. The maximum absolute atomic E-state index is 12.5. The van der Waals surface area contributed by atoms with Gasteiger partial charge >= 0.3 is 17.9 Å². The minimum absolute atomic E-state index is 0.0429. The van der Waals surface area contributed by atoms with E-state index in [9.17, 15) is 24.6 Å². The van der Waals surface area contributed by atoms with E-state index in [0.29, 0.717) is 12.8 Å². The average molecular weight is 724 g/mol. The van der Waals surface area contributed by atoms with Crippen molar-refractivity contribution in [2.45, 2.75) is 166 Å². The van der Waals surface area contributed by atoms with Crippen LogP contribution >= 0.6 is 11.8 Å². The summed E-state index contributed by atoms with van der Waals surface area (Å²) in [5.74, 6) is -1.87. The molecule has 10 heteroatoms. The number of ether oxygens (including phenoxy) is 2. The van der Waals surface area contributed by atoms with Gasteiger partial charge in [0.15, 0.2) is 0 Å². The Kier molecular flexibility index (Phi) is 33.3. The highest BCUT2D eigenvalue weighted by Crippen LogP contribution is 2.21. The number of aliphatic carboxylic acids is 1. The van der Waals surface area contributed by atoms with Crippen LogP contribution in [-0.2, 0) is 23.9 Å². The Morgan fingerprint density at radius 3 is 1.96 bits per heavy atom. The second kappa shape index (κ2) is 35.0. The van der Waals surface area contributed by atoms with Crippen LogP contribution in [0, 0.1) is 0 Å². The van der Waals surface area contributed by atoms with Gasteiger partial charge < -0.3 is 30.5 Å². The summed E-state index contributed by atoms with van der Waals surface area (Å²) < 4.78 is 10.3. The molecule has 0 aromatic carbocycles. The van der Waals surface area contributed by atoms with E-state index >= 15 is 0 Å². The van der Waals surface area contributed by atoms with Crippen LogP contribution in [0.15, 0.2) is 48.6 Å². The highest BCUT2D eigenvalue weighted by atomic mass is 32.2. The number of esters is 2. The molecule has 288 valence electrons. The molecule has 0 aliphatic heterocycles. The van der Waals surface area contributed by atoms with Gasteiger partial charge in [-0.05, 0) is 38.5 Å². The number of aliphatic hydroxyl groups excluding tert-OH is 2. The van der Waals surface area contributed by atoms with Crippen molar-refractivity contribution in [3.63, 3.8) is 0 Å². The van der Waals surface area contributed by atoms with Crippen LogP contribution in [0.4, 0.5) is 0 Å². The number of hydrogen-bond donors (Lipinski definition) is 4. The molecule has 0 aromatic heterocycles. The summed E-state index contributed by atoms with van der Waals surface area (Å²) in [4.78, 5) is 35.4. The first-order chi connectivity index (χ1) is 24.2. The lowest BCUT2D eigenvalue weighted by molar-refractivity contribution is -0.153. The highest BCUT2D eigenvalue weighted by molar-refractivity contribution is 8.00. The first-order valence-electron chi connectivity index (χ1n) is 19.1. The third-order valence-corrected chi connectivity index (χ3v) is 9.47. The molecule has 0 radical (unpaired) electrons. The number of unbranched alkanes of at least 4 members (excludes halogenated alkanes) is 13. The molecule has 0 amide bonds. The number of thioether (sulfide) groups is 1. The summed E-state index contributed by atoms with van der Waals surface area (Å²) in [6.45, 7) is 3.81. The normalized spacial score (nSPS) is 14.5. The Bertz CT molecular complexity index is 967. The molecule has 0 heterocycles. The first-order valence-corrected chi connectivity index (χ1v) is 20.2. The van der Waals surface area contributed by atoms with E-state index in [1.807, 2.05) is 24.3 Å². The van der Waals surface area contributed by atoms with Crippen molar-refractivity contribution in [3.05, 3.63) is 48.6 Å². The summed E-state index contributed by atoms with van der Waals surface area (Å²) in [6, 6.07) is -1.01. The fourth-order valence-electron chi connectivity index (χ4n) is 5.00. The number of carbonyl (C=O) groups is 3. The van der Waals surface area contributed by atoms with Gasteiger partial charge in [-0.1, -0.05) is 140 Å². The maximum Gasteiger partial charge on any atom is 0.323 e. The fraction of sp³-hybridized carbons (Fsp3) is 0.725. The van der Waals surface area contributed by atoms with Gasteiger partial charge in [0.25, 0.3) is 0 Å². The summed E-state index contributed by atoms with van der Waals surface area (Å²) in [5.41, 5.74) is 6.04. The molecule has 0 unspecified atom stereocenters. The lowest BCUT2D eigenvalue weighted by Gasteiger charge is -2.21. The van der Waals surface area contributed by atoms with Crippen LogP contribution < -0.4 is 5.73 Å². The number of nitrogens with two attached hydrogens (primary N) is 1. The molecule has 5 N–H and O–H groups in total. The average Bonchev–Trinajstić information content (AvgIpc) is 3.09. The molecular weight excluding hydrogens is 655 g/mol. The second-order valence-corrected chi connectivity index (χ2v) is 14.1. The standard InChI is InChI=1S/C40H69NO8S/c1-3-5-7-9-11-13-15-17-18-20-22-24-28-37(36(43)27-26-29-38(44)45)50-33-35(41)40(47)49-32-34(42)31-48-39(46)30-25-23-21-19-16-14-12-10-8-6-4-2/h11,13,17-18,20,22,24,28,34-37,42-43H,3-10,12,14-16,19,21,23,25-27,29-33,41H2,1-2H3,(H,44,45)/b13-11-,18-17-,22-20+,28-24+/t34-,35-,36-,37+/m0/s1. The molecule has 50 heavy (non-hydrogen) atoms. The molecule has 0 rings (SSSR count). The third-order valence-electron chi connectivity index (χ3n) is 8.06. The Labute approximate surface area is 307 Å². The molecule has 0 saturated heterocycles. The fourth-order valence-corrected chi connectivity index (χ4v) is 6.12. The summed E-state index contributed by atoms with van der Waals surface area (Å²) in [6.07, 6.45) is 33.3. The van der Waals surface area contributed by atoms with E-state index in [1.165, 1.54) is 82.4 Å². The van der Waals surface area contributed by atoms with E-state index < -0.39 is 35.4 Å². The molecule has 0 spiro atoms. The molecule has 0 fully saturated rings. The van der Waals surface area contributed by atoms with Crippen molar-refractivity contribution in [1.29, 1.82) is 0 Å². The zero-order chi connectivity index (χ0) is 37.1. The van der Waals surface area contributed by atoms with E-state index in [2.05, 4.69) is 32.1 Å². The van der Waals surface area contributed by atoms with Gasteiger partial charge in [-0.3, -0.25) is 14.4 Å². The van der Waals surface area contributed by atoms with Crippen LogP contribution in [0.25, 0.3) is 0 Å². The predicted molar refractivity (Wildman–Crippen MR) is 206 cm³/mol. The number of allylic oxidation sites excluding steroid dienone is 7. The van der Waals surface area contributed by atoms with Crippen molar-refractivity contribution in [3.8, 4) is 0 Å². The number of carboxylic acids is 1. The smallest absolute Gasteiger partial charge is 0.323 e. The van der Waals surface area contributed by atoms with Gasteiger partial charge in [0.2, 0.25) is 0 Å². The molecule has 4 atom stereocenters. The number of carbonyl (C=O) groups excluding carboxylic acids is 2. The quantitative estimate of drug-likeness (QED) is 0.0220. The minimum atomic E-state index is -1.16. The van der Waals surface area contributed by atoms with Crippen molar-refractivity contribution in [1.82, 2.24) is 0 Å². The third kappa shape index (κ3) is 31.6. The van der Waals surface area contributed by atoms with Crippen LogP contribution in [0.5, 0.6) is 0 Å². The number of hydrogen-bond acceptors (Lipinski definition) is 9. The van der Waals surface area contributed by atoms with Crippen molar-refractivity contribution in [2.75, 3.05) is 19.0 Å². The van der Waals surface area contributed by atoms with Crippen LogP contribution in [0.1, 0.15) is 142 Å². The summed E-state index contributed by atoms with van der Waals surface area (Å²) in [5, 5.41) is 29.4. The van der Waals surface area contributed by atoms with Gasteiger partial charge in [0.1, 0.15) is 25.4 Å². The zero-order valence-corrected chi connectivity index (χ0v) is 31.9. The van der Waals surface area contributed by atoms with E-state index in [-0.39, 0.29) is 37.8 Å². The van der Waals surface area contributed by atoms with Gasteiger partial charge in [-0.25, -0.2) is 0 Å². The van der Waals surface area contributed by atoms with Gasteiger partial charge in [0, 0.05) is 23.8 Å². The van der Waals surface area contributed by atoms with E-state index in [1.54, 1.807) is 6.08 Å². The Morgan fingerprint density at radius 2 is 1.30 bits per heavy atom. The summed E-state index contributed by atoms with van der Waals surface area (Å²) in [7, 11) is 0. The lowest BCUT2D eigenvalue weighted by Crippen LogP contribution is -2.38. The molecule has 0 aromatic rings. The molecule has 0 aliphatic carbocycles. The Hall–Kier alpha value is -2.40. The first kappa shape index (κ1) is 47.6. The topological polar surface area (TPSA) is 156 Å². The molecular formula is C40H69NO8S. The maximum atomic E-state index is 12.5. The highest BCUT2D eigenvalue weighted by Gasteiger charge is 2.23. The monoisotopic (exact) mass is 723 g/mol. The molecule has 0 bridgehead atoms.